The SMILES string of the molecule is CC(C)(C)c1ccc(CCC(=O)Cl)c(=O)n1C1CC1. The van der Waals surface area contributed by atoms with Crippen LogP contribution in [0.25, 0.3) is 0 Å². The Balaban J connectivity index is 2.43. The molecule has 0 saturated heterocycles. The smallest absolute Gasteiger partial charge is 0.254 e. The summed E-state index contributed by atoms with van der Waals surface area (Å²) in [6.07, 6.45) is 2.79. The fraction of sp³-hybridized carbons (Fsp3) is 0.600. The molecule has 1 fully saturated rings. The highest BCUT2D eigenvalue weighted by atomic mass is 35.5. The summed E-state index contributed by atoms with van der Waals surface area (Å²) in [5.41, 5.74) is 1.76. The minimum Gasteiger partial charge on any atom is -0.309 e. The second-order valence-electron chi connectivity index (χ2n) is 6.26. The zero-order chi connectivity index (χ0) is 14.2. The molecule has 0 amide bonds. The average molecular weight is 282 g/mol. The number of aryl methyl sites for hydroxylation is 1. The molecule has 0 aliphatic heterocycles. The maximum absolute atomic E-state index is 12.5. The minimum absolute atomic E-state index is 0.0489. The first kappa shape index (κ1) is 14.3. The van der Waals surface area contributed by atoms with Crippen molar-refractivity contribution >= 4 is 16.8 Å². The highest BCUT2D eigenvalue weighted by molar-refractivity contribution is 6.63. The van der Waals surface area contributed by atoms with Crippen LogP contribution in [-0.2, 0) is 16.6 Å². The molecule has 104 valence electrons. The maximum Gasteiger partial charge on any atom is 0.254 e. The van der Waals surface area contributed by atoms with Gasteiger partial charge in [-0.25, -0.2) is 0 Å². The summed E-state index contributed by atoms with van der Waals surface area (Å²) in [5.74, 6) is 0. The monoisotopic (exact) mass is 281 g/mol. The van der Waals surface area contributed by atoms with E-state index < -0.39 is 5.24 Å². The largest absolute Gasteiger partial charge is 0.309 e. The van der Waals surface area contributed by atoms with Crippen molar-refractivity contribution in [2.45, 2.75) is 57.9 Å². The molecule has 2 rings (SSSR count). The second-order valence-corrected chi connectivity index (χ2v) is 6.68. The Hall–Kier alpha value is -1.09. The van der Waals surface area contributed by atoms with Crippen molar-refractivity contribution in [2.75, 3.05) is 0 Å². The second kappa shape index (κ2) is 5.12. The molecule has 1 saturated carbocycles. The predicted molar refractivity (Wildman–Crippen MR) is 76.9 cm³/mol. The van der Waals surface area contributed by atoms with E-state index in [2.05, 4.69) is 20.8 Å². The Bertz CT molecular complexity index is 550. The van der Waals surface area contributed by atoms with E-state index in [-0.39, 0.29) is 17.4 Å². The molecule has 0 spiro atoms. The predicted octanol–water partition coefficient (Wildman–Crippen LogP) is 3.18. The molecule has 0 bridgehead atoms. The van der Waals surface area contributed by atoms with Crippen molar-refractivity contribution in [3.63, 3.8) is 0 Å². The fourth-order valence-electron chi connectivity index (χ4n) is 2.33. The third-order valence-electron chi connectivity index (χ3n) is 3.47. The van der Waals surface area contributed by atoms with Crippen molar-refractivity contribution in [3.05, 3.63) is 33.7 Å². The summed E-state index contributed by atoms with van der Waals surface area (Å²) in [6, 6.07) is 4.21. The molecule has 0 radical (unpaired) electrons. The lowest BCUT2D eigenvalue weighted by Gasteiger charge is -2.24. The molecule has 0 unspecified atom stereocenters. The number of nitrogens with zero attached hydrogens (tertiary/aromatic N) is 1. The standard InChI is InChI=1S/C15H20ClNO2/c1-15(2,3)12-8-4-10(5-9-13(16)18)14(19)17(12)11-6-7-11/h4,8,11H,5-7,9H2,1-3H3. The summed E-state index contributed by atoms with van der Waals surface area (Å²) < 4.78 is 1.92. The van der Waals surface area contributed by atoms with Crippen LogP contribution in [0, 0.1) is 0 Å². The van der Waals surface area contributed by atoms with Gasteiger partial charge >= 0.3 is 0 Å². The minimum atomic E-state index is -0.391. The van der Waals surface area contributed by atoms with Gasteiger partial charge in [-0.1, -0.05) is 26.8 Å². The van der Waals surface area contributed by atoms with Gasteiger partial charge < -0.3 is 4.57 Å². The van der Waals surface area contributed by atoms with E-state index in [4.69, 9.17) is 11.6 Å². The molecule has 19 heavy (non-hydrogen) atoms. The zero-order valence-corrected chi connectivity index (χ0v) is 12.5. The summed E-state index contributed by atoms with van der Waals surface area (Å²) in [5, 5.41) is -0.391. The first-order valence-electron chi connectivity index (χ1n) is 6.74. The Labute approximate surface area is 118 Å². The van der Waals surface area contributed by atoms with Crippen LogP contribution in [0.2, 0.25) is 0 Å². The van der Waals surface area contributed by atoms with Crippen LogP contribution in [0.3, 0.4) is 0 Å². The lowest BCUT2D eigenvalue weighted by Crippen LogP contribution is -2.31. The maximum atomic E-state index is 12.5. The van der Waals surface area contributed by atoms with Gasteiger partial charge in [0.25, 0.3) is 5.56 Å². The van der Waals surface area contributed by atoms with Crippen LogP contribution < -0.4 is 5.56 Å². The fourth-order valence-corrected chi connectivity index (χ4v) is 2.42. The first-order valence-corrected chi connectivity index (χ1v) is 7.11. The molecule has 0 N–H and O–H groups in total. The molecular formula is C15H20ClNO2. The van der Waals surface area contributed by atoms with E-state index in [0.717, 1.165) is 18.5 Å². The Kier molecular flexibility index (Phi) is 3.86. The van der Waals surface area contributed by atoms with Crippen molar-refractivity contribution < 1.29 is 4.79 Å². The van der Waals surface area contributed by atoms with Gasteiger partial charge in [0.1, 0.15) is 0 Å². The van der Waals surface area contributed by atoms with Crippen LogP contribution in [0.1, 0.15) is 57.3 Å². The molecule has 1 heterocycles. The number of hydrogen-bond donors (Lipinski definition) is 0. The lowest BCUT2D eigenvalue weighted by molar-refractivity contribution is -0.111. The number of pyridine rings is 1. The van der Waals surface area contributed by atoms with Gasteiger partial charge in [-0.2, -0.15) is 0 Å². The molecule has 1 aliphatic carbocycles. The highest BCUT2D eigenvalue weighted by Gasteiger charge is 2.30. The lowest BCUT2D eigenvalue weighted by atomic mass is 9.90. The zero-order valence-electron chi connectivity index (χ0n) is 11.7. The number of aromatic nitrogens is 1. The van der Waals surface area contributed by atoms with Crippen molar-refractivity contribution in [1.29, 1.82) is 0 Å². The topological polar surface area (TPSA) is 39.1 Å². The molecule has 4 heteroatoms. The van der Waals surface area contributed by atoms with E-state index in [9.17, 15) is 9.59 Å². The summed E-state index contributed by atoms with van der Waals surface area (Å²) in [4.78, 5) is 23.4. The Morgan fingerprint density at radius 3 is 2.47 bits per heavy atom. The van der Waals surface area contributed by atoms with Crippen molar-refractivity contribution in [1.82, 2.24) is 4.57 Å². The number of halogens is 1. The van der Waals surface area contributed by atoms with Crippen LogP contribution in [0.15, 0.2) is 16.9 Å². The van der Waals surface area contributed by atoms with Crippen LogP contribution in [0.4, 0.5) is 0 Å². The average Bonchev–Trinajstić information content (AvgIpc) is 3.09. The van der Waals surface area contributed by atoms with Crippen molar-refractivity contribution in [2.24, 2.45) is 0 Å². The quantitative estimate of drug-likeness (QED) is 0.795. The van der Waals surface area contributed by atoms with Gasteiger partial charge in [-0.05, 0) is 36.9 Å². The van der Waals surface area contributed by atoms with E-state index in [1.165, 1.54) is 0 Å². The van der Waals surface area contributed by atoms with Gasteiger partial charge in [-0.15, -0.1) is 0 Å². The summed E-state index contributed by atoms with van der Waals surface area (Å²) in [6.45, 7) is 6.34. The molecule has 0 aromatic carbocycles. The highest BCUT2D eigenvalue weighted by Crippen LogP contribution is 2.37. The number of carbonyl (C=O) groups excluding carboxylic acids is 1. The van der Waals surface area contributed by atoms with Crippen LogP contribution >= 0.6 is 11.6 Å². The normalized spacial score (nSPS) is 15.6. The van der Waals surface area contributed by atoms with Gasteiger partial charge in [0.05, 0.1) is 0 Å². The molecule has 1 aliphatic rings. The summed E-state index contributed by atoms with van der Waals surface area (Å²) in [7, 11) is 0. The van der Waals surface area contributed by atoms with Crippen LogP contribution in [-0.4, -0.2) is 9.81 Å². The number of carbonyl (C=O) groups is 1. The third-order valence-corrected chi connectivity index (χ3v) is 3.66. The third kappa shape index (κ3) is 3.27. The molecular weight excluding hydrogens is 262 g/mol. The van der Waals surface area contributed by atoms with E-state index >= 15 is 0 Å². The van der Waals surface area contributed by atoms with E-state index in [0.29, 0.717) is 18.0 Å². The van der Waals surface area contributed by atoms with Crippen molar-refractivity contribution in [3.8, 4) is 0 Å². The number of hydrogen-bond acceptors (Lipinski definition) is 2. The number of rotatable bonds is 4. The van der Waals surface area contributed by atoms with Gasteiger partial charge in [0.2, 0.25) is 5.24 Å². The first-order chi connectivity index (χ1) is 8.80. The molecule has 1 aromatic heterocycles. The Morgan fingerprint density at radius 1 is 1.37 bits per heavy atom. The molecule has 3 nitrogen and oxygen atoms in total. The molecule has 1 aromatic rings. The van der Waals surface area contributed by atoms with E-state index in [1.807, 2.05) is 16.7 Å². The summed E-state index contributed by atoms with van der Waals surface area (Å²) >= 11 is 5.35. The van der Waals surface area contributed by atoms with Gasteiger partial charge in [0, 0.05) is 29.1 Å². The van der Waals surface area contributed by atoms with Gasteiger partial charge in [-0.3, -0.25) is 9.59 Å². The Morgan fingerprint density at radius 2 is 2.00 bits per heavy atom. The van der Waals surface area contributed by atoms with Gasteiger partial charge in [0.15, 0.2) is 0 Å². The molecule has 0 atom stereocenters. The van der Waals surface area contributed by atoms with E-state index in [1.54, 1.807) is 0 Å². The van der Waals surface area contributed by atoms with Crippen LogP contribution in [0.5, 0.6) is 0 Å².